The fraction of sp³-hybridized carbons (Fsp3) is 0.467. The Morgan fingerprint density at radius 3 is 2.85 bits per heavy atom. The Balaban J connectivity index is 2.27. The molecule has 2 aromatic rings. The lowest BCUT2D eigenvalue weighted by molar-refractivity contribution is 0.0903. The summed E-state index contributed by atoms with van der Waals surface area (Å²) in [6, 6.07) is 8.10. The van der Waals surface area contributed by atoms with Crippen LogP contribution in [-0.4, -0.2) is 30.8 Å². The van der Waals surface area contributed by atoms with E-state index in [1.54, 1.807) is 7.11 Å². The van der Waals surface area contributed by atoms with Crippen molar-refractivity contribution in [1.82, 2.24) is 15.5 Å². The Hall–Kier alpha value is -1.72. The van der Waals surface area contributed by atoms with Crippen molar-refractivity contribution in [1.29, 1.82) is 0 Å². The molecule has 0 aliphatic heterocycles. The lowest BCUT2D eigenvalue weighted by atomic mass is 10.0. The number of hydrogen-bond donors (Lipinski definition) is 1. The second-order valence-electron chi connectivity index (χ2n) is 4.60. The van der Waals surface area contributed by atoms with Gasteiger partial charge in [-0.1, -0.05) is 30.3 Å². The van der Waals surface area contributed by atoms with Crippen LogP contribution >= 0.6 is 0 Å². The molecule has 0 saturated heterocycles. The number of aromatic nitrogens is 2. The van der Waals surface area contributed by atoms with E-state index in [-0.39, 0.29) is 6.10 Å². The summed E-state index contributed by atoms with van der Waals surface area (Å²) in [6.07, 6.45) is 1.62. The van der Waals surface area contributed by atoms with Crippen molar-refractivity contribution >= 4 is 0 Å². The first-order valence-electron chi connectivity index (χ1n) is 6.89. The predicted octanol–water partition coefficient (Wildman–Crippen LogP) is 2.60. The molecular formula is C15H21N3O2. The Morgan fingerprint density at radius 1 is 1.35 bits per heavy atom. The van der Waals surface area contributed by atoms with Crippen molar-refractivity contribution < 1.29 is 9.26 Å². The standard InChI is InChI=1S/C15H21N3O2/c1-4-13(19-3)14-17-15(20-18-14)12-8-6-5-7-11(12)9-10-16-2/h5-8,13,16H,4,9-10H2,1-3H3. The molecule has 0 spiro atoms. The van der Waals surface area contributed by atoms with Gasteiger partial charge in [0, 0.05) is 12.7 Å². The van der Waals surface area contributed by atoms with Gasteiger partial charge in [-0.05, 0) is 38.1 Å². The van der Waals surface area contributed by atoms with Gasteiger partial charge in [-0.25, -0.2) is 0 Å². The first kappa shape index (κ1) is 14.7. The van der Waals surface area contributed by atoms with Crippen LogP contribution in [0.2, 0.25) is 0 Å². The molecule has 0 radical (unpaired) electrons. The molecule has 1 unspecified atom stereocenters. The van der Waals surface area contributed by atoms with Gasteiger partial charge in [0.2, 0.25) is 5.82 Å². The van der Waals surface area contributed by atoms with Crippen molar-refractivity contribution in [2.75, 3.05) is 20.7 Å². The average Bonchev–Trinajstić information content (AvgIpc) is 2.96. The summed E-state index contributed by atoms with van der Waals surface area (Å²) >= 11 is 0. The summed E-state index contributed by atoms with van der Waals surface area (Å²) in [7, 11) is 3.60. The first-order valence-corrected chi connectivity index (χ1v) is 6.89. The molecule has 1 atom stereocenters. The van der Waals surface area contributed by atoms with Crippen molar-refractivity contribution in [3.05, 3.63) is 35.7 Å². The second kappa shape index (κ2) is 7.17. The number of ether oxygens (including phenoxy) is 1. The van der Waals surface area contributed by atoms with Crippen LogP contribution in [-0.2, 0) is 11.2 Å². The van der Waals surface area contributed by atoms with E-state index in [0.29, 0.717) is 11.7 Å². The molecule has 5 heteroatoms. The number of benzene rings is 1. The van der Waals surface area contributed by atoms with E-state index < -0.39 is 0 Å². The molecule has 0 aliphatic rings. The zero-order chi connectivity index (χ0) is 14.4. The molecule has 1 heterocycles. The predicted molar refractivity (Wildman–Crippen MR) is 77.4 cm³/mol. The third kappa shape index (κ3) is 3.23. The average molecular weight is 275 g/mol. The van der Waals surface area contributed by atoms with Gasteiger partial charge in [0.15, 0.2) is 0 Å². The molecule has 0 amide bonds. The third-order valence-electron chi connectivity index (χ3n) is 3.28. The van der Waals surface area contributed by atoms with Crippen molar-refractivity contribution in [3.63, 3.8) is 0 Å². The molecule has 20 heavy (non-hydrogen) atoms. The maximum absolute atomic E-state index is 5.39. The molecule has 1 N–H and O–H groups in total. The fourth-order valence-corrected chi connectivity index (χ4v) is 2.14. The molecule has 1 aromatic heterocycles. The minimum absolute atomic E-state index is 0.114. The van der Waals surface area contributed by atoms with Gasteiger partial charge in [-0.3, -0.25) is 0 Å². The molecule has 0 bridgehead atoms. The second-order valence-corrected chi connectivity index (χ2v) is 4.60. The maximum atomic E-state index is 5.39. The van der Waals surface area contributed by atoms with Crippen LogP contribution in [0.4, 0.5) is 0 Å². The Kier molecular flexibility index (Phi) is 5.26. The van der Waals surface area contributed by atoms with E-state index in [2.05, 4.69) is 21.5 Å². The van der Waals surface area contributed by atoms with E-state index in [9.17, 15) is 0 Å². The van der Waals surface area contributed by atoms with Crippen molar-refractivity contribution in [3.8, 4) is 11.5 Å². The van der Waals surface area contributed by atoms with Crippen LogP contribution < -0.4 is 5.32 Å². The van der Waals surface area contributed by atoms with Crippen molar-refractivity contribution in [2.24, 2.45) is 0 Å². The normalized spacial score (nSPS) is 12.6. The highest BCUT2D eigenvalue weighted by Crippen LogP contribution is 2.25. The Bertz CT molecular complexity index is 535. The molecule has 2 rings (SSSR count). The van der Waals surface area contributed by atoms with Crippen LogP contribution in [0.15, 0.2) is 28.8 Å². The van der Waals surface area contributed by atoms with Gasteiger partial charge in [0.1, 0.15) is 6.10 Å². The highest BCUT2D eigenvalue weighted by molar-refractivity contribution is 5.58. The topological polar surface area (TPSA) is 60.2 Å². The van der Waals surface area contributed by atoms with Crippen LogP contribution in [0.3, 0.4) is 0 Å². The van der Waals surface area contributed by atoms with E-state index in [4.69, 9.17) is 9.26 Å². The number of methoxy groups -OCH3 is 1. The number of nitrogens with one attached hydrogen (secondary N) is 1. The monoisotopic (exact) mass is 275 g/mol. The Morgan fingerprint density at radius 2 is 2.15 bits per heavy atom. The fourth-order valence-electron chi connectivity index (χ4n) is 2.14. The maximum Gasteiger partial charge on any atom is 0.258 e. The smallest absolute Gasteiger partial charge is 0.258 e. The quantitative estimate of drug-likeness (QED) is 0.841. The number of nitrogens with zero attached hydrogens (tertiary/aromatic N) is 2. The van der Waals surface area contributed by atoms with E-state index >= 15 is 0 Å². The van der Waals surface area contributed by atoms with Crippen LogP contribution in [0.1, 0.15) is 30.8 Å². The van der Waals surface area contributed by atoms with Gasteiger partial charge in [-0.15, -0.1) is 0 Å². The number of hydrogen-bond acceptors (Lipinski definition) is 5. The first-order chi connectivity index (χ1) is 9.80. The van der Waals surface area contributed by atoms with E-state index in [1.807, 2.05) is 32.2 Å². The highest BCUT2D eigenvalue weighted by atomic mass is 16.5. The zero-order valence-electron chi connectivity index (χ0n) is 12.2. The summed E-state index contributed by atoms with van der Waals surface area (Å²) < 4.78 is 10.7. The van der Waals surface area contributed by atoms with Gasteiger partial charge < -0.3 is 14.6 Å². The Labute approximate surface area is 119 Å². The molecule has 0 fully saturated rings. The third-order valence-corrected chi connectivity index (χ3v) is 3.28. The van der Waals surface area contributed by atoms with Crippen LogP contribution in [0, 0.1) is 0 Å². The SMILES string of the molecule is CCC(OC)c1noc(-c2ccccc2CCNC)n1. The molecular weight excluding hydrogens is 254 g/mol. The van der Waals surface area contributed by atoms with Crippen molar-refractivity contribution in [2.45, 2.75) is 25.9 Å². The van der Waals surface area contributed by atoms with Gasteiger partial charge in [-0.2, -0.15) is 4.98 Å². The summed E-state index contributed by atoms with van der Waals surface area (Å²) in [5, 5.41) is 7.18. The van der Waals surface area contributed by atoms with Gasteiger partial charge >= 0.3 is 0 Å². The zero-order valence-corrected chi connectivity index (χ0v) is 12.2. The van der Waals surface area contributed by atoms with Gasteiger partial charge in [0.25, 0.3) is 5.89 Å². The lowest BCUT2D eigenvalue weighted by Crippen LogP contribution is -2.10. The molecule has 1 aromatic carbocycles. The minimum Gasteiger partial charge on any atom is -0.373 e. The number of rotatable bonds is 7. The summed E-state index contributed by atoms with van der Waals surface area (Å²) in [5.41, 5.74) is 2.19. The number of likely N-dealkylation sites (N-methyl/N-ethyl adjacent to an activating group) is 1. The lowest BCUT2D eigenvalue weighted by Gasteiger charge is -2.07. The highest BCUT2D eigenvalue weighted by Gasteiger charge is 2.18. The van der Waals surface area contributed by atoms with Crippen LogP contribution in [0.5, 0.6) is 0 Å². The van der Waals surface area contributed by atoms with E-state index in [1.165, 1.54) is 5.56 Å². The summed E-state index contributed by atoms with van der Waals surface area (Å²) in [6.45, 7) is 2.94. The van der Waals surface area contributed by atoms with Crippen LogP contribution in [0.25, 0.3) is 11.5 Å². The summed E-state index contributed by atoms with van der Waals surface area (Å²) in [4.78, 5) is 4.47. The molecule has 0 aliphatic carbocycles. The summed E-state index contributed by atoms with van der Waals surface area (Å²) in [5.74, 6) is 1.16. The minimum atomic E-state index is -0.114. The molecule has 5 nitrogen and oxygen atoms in total. The largest absolute Gasteiger partial charge is 0.373 e. The van der Waals surface area contributed by atoms with Gasteiger partial charge in [0.05, 0.1) is 0 Å². The molecule has 0 saturated carbocycles. The molecule has 108 valence electrons. The van der Waals surface area contributed by atoms with E-state index in [0.717, 1.165) is 24.9 Å².